The van der Waals surface area contributed by atoms with E-state index < -0.39 is 5.97 Å². The Kier molecular flexibility index (Phi) is 7.35. The highest BCUT2D eigenvalue weighted by Gasteiger charge is 2.07. The molecule has 4 nitrogen and oxygen atoms in total. The van der Waals surface area contributed by atoms with Crippen molar-refractivity contribution >= 4 is 30.8 Å². The standard InChI is InChI=1S/C8H10N2O2.2ClH/c1-5-2-6(3-9)4-10-7(5)8(11)12;;/h2,4H,3,9H2,1H3,(H,11,12);2*1H. The molecule has 0 bridgehead atoms. The van der Waals surface area contributed by atoms with Crippen LogP contribution < -0.4 is 5.73 Å². The summed E-state index contributed by atoms with van der Waals surface area (Å²) in [6, 6.07) is 1.73. The van der Waals surface area contributed by atoms with Gasteiger partial charge in [0, 0.05) is 12.7 Å². The predicted octanol–water partition coefficient (Wildman–Crippen LogP) is 1.39. The smallest absolute Gasteiger partial charge is 0.354 e. The first-order chi connectivity index (χ1) is 5.65. The van der Waals surface area contributed by atoms with Crippen LogP contribution >= 0.6 is 24.8 Å². The van der Waals surface area contributed by atoms with E-state index in [0.717, 1.165) is 5.56 Å². The van der Waals surface area contributed by atoms with E-state index in [4.69, 9.17) is 10.8 Å². The Morgan fingerprint density at radius 2 is 2.14 bits per heavy atom. The molecular weight excluding hydrogens is 227 g/mol. The summed E-state index contributed by atoms with van der Waals surface area (Å²) in [6.07, 6.45) is 1.48. The van der Waals surface area contributed by atoms with Gasteiger partial charge in [-0.25, -0.2) is 9.78 Å². The van der Waals surface area contributed by atoms with E-state index >= 15 is 0 Å². The second kappa shape index (κ2) is 6.59. The maximum atomic E-state index is 10.5. The Morgan fingerprint density at radius 3 is 2.50 bits per heavy atom. The highest BCUT2D eigenvalue weighted by atomic mass is 35.5. The number of nitrogens with zero attached hydrogens (tertiary/aromatic N) is 1. The lowest BCUT2D eigenvalue weighted by Crippen LogP contribution is -2.05. The van der Waals surface area contributed by atoms with Gasteiger partial charge in [0.25, 0.3) is 0 Å². The second-order valence-electron chi connectivity index (χ2n) is 2.52. The van der Waals surface area contributed by atoms with E-state index in [2.05, 4.69) is 4.98 Å². The summed E-state index contributed by atoms with van der Waals surface area (Å²) in [6.45, 7) is 2.09. The molecule has 14 heavy (non-hydrogen) atoms. The molecule has 0 amide bonds. The van der Waals surface area contributed by atoms with Crippen LogP contribution in [0.2, 0.25) is 0 Å². The third-order valence-corrected chi connectivity index (χ3v) is 1.57. The second-order valence-corrected chi connectivity index (χ2v) is 2.52. The highest BCUT2D eigenvalue weighted by molar-refractivity contribution is 5.86. The van der Waals surface area contributed by atoms with Crippen molar-refractivity contribution in [2.24, 2.45) is 5.73 Å². The summed E-state index contributed by atoms with van der Waals surface area (Å²) in [7, 11) is 0. The molecule has 3 N–H and O–H groups in total. The normalized spacial score (nSPS) is 8.43. The van der Waals surface area contributed by atoms with Crippen LogP contribution in [0.1, 0.15) is 21.6 Å². The number of halogens is 2. The first kappa shape index (κ1) is 15.6. The molecule has 80 valence electrons. The number of aromatic nitrogens is 1. The van der Waals surface area contributed by atoms with Gasteiger partial charge in [-0.2, -0.15) is 0 Å². The number of carbonyl (C=O) groups is 1. The minimum Gasteiger partial charge on any atom is -0.477 e. The number of aryl methyl sites for hydroxylation is 1. The van der Waals surface area contributed by atoms with Gasteiger partial charge in [0.15, 0.2) is 5.69 Å². The zero-order chi connectivity index (χ0) is 9.14. The number of hydrogen-bond acceptors (Lipinski definition) is 3. The largest absolute Gasteiger partial charge is 0.477 e. The molecule has 0 saturated carbocycles. The molecular formula is C8H12Cl2N2O2. The molecule has 0 aromatic carbocycles. The van der Waals surface area contributed by atoms with Gasteiger partial charge in [-0.1, -0.05) is 6.07 Å². The van der Waals surface area contributed by atoms with Gasteiger partial charge in [-0.15, -0.1) is 24.8 Å². The minimum absolute atomic E-state index is 0. The van der Waals surface area contributed by atoms with Gasteiger partial charge in [0.2, 0.25) is 0 Å². The summed E-state index contributed by atoms with van der Waals surface area (Å²) in [5.41, 5.74) is 6.94. The quantitative estimate of drug-likeness (QED) is 0.817. The number of carboxylic acids is 1. The van der Waals surface area contributed by atoms with Crippen molar-refractivity contribution in [3.63, 3.8) is 0 Å². The van der Waals surface area contributed by atoms with Crippen LogP contribution in [0.4, 0.5) is 0 Å². The molecule has 0 aliphatic heterocycles. The van der Waals surface area contributed by atoms with Crippen LogP contribution in [0.5, 0.6) is 0 Å². The van der Waals surface area contributed by atoms with E-state index in [1.54, 1.807) is 13.0 Å². The van der Waals surface area contributed by atoms with E-state index in [0.29, 0.717) is 12.1 Å². The van der Waals surface area contributed by atoms with Crippen LogP contribution in [0, 0.1) is 6.92 Å². The molecule has 1 aromatic rings. The third kappa shape index (κ3) is 3.49. The van der Waals surface area contributed by atoms with Crippen LogP contribution in [0.25, 0.3) is 0 Å². The minimum atomic E-state index is -1.00. The highest BCUT2D eigenvalue weighted by Crippen LogP contribution is 2.06. The molecule has 0 aliphatic rings. The molecule has 0 spiro atoms. The number of nitrogens with two attached hydrogens (primary N) is 1. The lowest BCUT2D eigenvalue weighted by molar-refractivity contribution is 0.0689. The summed E-state index contributed by atoms with van der Waals surface area (Å²) in [5, 5.41) is 8.64. The first-order valence-electron chi connectivity index (χ1n) is 3.54. The first-order valence-corrected chi connectivity index (χ1v) is 3.54. The fraction of sp³-hybridized carbons (Fsp3) is 0.250. The fourth-order valence-electron chi connectivity index (χ4n) is 0.969. The van der Waals surface area contributed by atoms with E-state index in [1.165, 1.54) is 6.20 Å². The van der Waals surface area contributed by atoms with Crippen LogP contribution in [0.3, 0.4) is 0 Å². The summed E-state index contributed by atoms with van der Waals surface area (Å²) in [5.74, 6) is -1.00. The topological polar surface area (TPSA) is 76.2 Å². The van der Waals surface area contributed by atoms with Crippen molar-refractivity contribution in [3.05, 3.63) is 29.1 Å². The van der Waals surface area contributed by atoms with Crippen LogP contribution in [0.15, 0.2) is 12.3 Å². The van der Waals surface area contributed by atoms with Crippen LogP contribution in [-0.2, 0) is 6.54 Å². The third-order valence-electron chi connectivity index (χ3n) is 1.57. The molecule has 1 aromatic heterocycles. The maximum Gasteiger partial charge on any atom is 0.354 e. The summed E-state index contributed by atoms with van der Waals surface area (Å²) in [4.78, 5) is 14.3. The van der Waals surface area contributed by atoms with Crippen molar-refractivity contribution in [2.45, 2.75) is 13.5 Å². The number of aromatic carboxylic acids is 1. The molecule has 0 fully saturated rings. The van der Waals surface area contributed by atoms with Crippen molar-refractivity contribution in [3.8, 4) is 0 Å². The molecule has 0 unspecified atom stereocenters. The molecule has 6 heteroatoms. The summed E-state index contributed by atoms with van der Waals surface area (Å²) >= 11 is 0. The zero-order valence-corrected chi connectivity index (χ0v) is 9.19. The number of pyridine rings is 1. The molecule has 0 saturated heterocycles. The van der Waals surface area contributed by atoms with Crippen molar-refractivity contribution in [1.29, 1.82) is 0 Å². The molecule has 0 radical (unpaired) electrons. The van der Waals surface area contributed by atoms with E-state index in [9.17, 15) is 4.79 Å². The molecule has 0 atom stereocenters. The molecule has 1 rings (SSSR count). The SMILES string of the molecule is Cc1cc(CN)cnc1C(=O)O.Cl.Cl. The Morgan fingerprint density at radius 1 is 1.57 bits per heavy atom. The predicted molar refractivity (Wildman–Crippen MR) is 58.3 cm³/mol. The van der Waals surface area contributed by atoms with Crippen LogP contribution in [-0.4, -0.2) is 16.1 Å². The lowest BCUT2D eigenvalue weighted by atomic mass is 10.1. The lowest BCUT2D eigenvalue weighted by Gasteiger charge is -2.01. The van der Waals surface area contributed by atoms with E-state index in [-0.39, 0.29) is 30.5 Å². The molecule has 0 aliphatic carbocycles. The Labute approximate surface area is 94.3 Å². The van der Waals surface area contributed by atoms with Gasteiger partial charge >= 0.3 is 5.97 Å². The summed E-state index contributed by atoms with van der Waals surface area (Å²) < 4.78 is 0. The average Bonchev–Trinajstić information content (AvgIpc) is 2.03. The number of carboxylic acid groups (broad SMARTS) is 1. The van der Waals surface area contributed by atoms with Gasteiger partial charge in [-0.3, -0.25) is 0 Å². The Bertz CT molecular complexity index is 318. The van der Waals surface area contributed by atoms with Crippen molar-refractivity contribution in [1.82, 2.24) is 4.98 Å². The zero-order valence-electron chi connectivity index (χ0n) is 7.56. The van der Waals surface area contributed by atoms with Crippen molar-refractivity contribution < 1.29 is 9.90 Å². The van der Waals surface area contributed by atoms with E-state index in [1.807, 2.05) is 0 Å². The Balaban J connectivity index is 0. The maximum absolute atomic E-state index is 10.5. The van der Waals surface area contributed by atoms with Crippen molar-refractivity contribution in [2.75, 3.05) is 0 Å². The molecule has 1 heterocycles. The van der Waals surface area contributed by atoms with Gasteiger partial charge in [-0.05, 0) is 18.1 Å². The van der Waals surface area contributed by atoms with Gasteiger partial charge in [0.05, 0.1) is 0 Å². The average molecular weight is 239 g/mol. The number of rotatable bonds is 2. The number of hydrogen-bond donors (Lipinski definition) is 2. The fourth-order valence-corrected chi connectivity index (χ4v) is 0.969. The monoisotopic (exact) mass is 238 g/mol. The van der Waals surface area contributed by atoms with Gasteiger partial charge < -0.3 is 10.8 Å². The van der Waals surface area contributed by atoms with Gasteiger partial charge in [0.1, 0.15) is 0 Å². The Hall–Kier alpha value is -0.840.